The standard InChI is InChI=1S/C15H21BrF2N2/c1-4-10-8-19-15(3,5-2)9-20(10)14-7-12(17)11(16)6-13(14)18/h6-7,10,19H,4-5,8-9H2,1-3H3. The monoisotopic (exact) mass is 346 g/mol. The number of hydrogen-bond donors (Lipinski definition) is 1. The first-order valence-electron chi connectivity index (χ1n) is 7.06. The number of rotatable bonds is 3. The van der Waals surface area contributed by atoms with Gasteiger partial charge >= 0.3 is 0 Å². The summed E-state index contributed by atoms with van der Waals surface area (Å²) in [4.78, 5) is 2.00. The van der Waals surface area contributed by atoms with Crippen LogP contribution >= 0.6 is 15.9 Å². The van der Waals surface area contributed by atoms with Crippen LogP contribution in [0.1, 0.15) is 33.6 Å². The summed E-state index contributed by atoms with van der Waals surface area (Å²) in [5.41, 5.74) is 0.292. The van der Waals surface area contributed by atoms with Gasteiger partial charge in [0.2, 0.25) is 0 Å². The summed E-state index contributed by atoms with van der Waals surface area (Å²) in [7, 11) is 0. The lowest BCUT2D eigenvalue weighted by Crippen LogP contribution is -2.63. The van der Waals surface area contributed by atoms with E-state index in [0.717, 1.165) is 19.4 Å². The molecule has 0 aliphatic carbocycles. The molecule has 20 heavy (non-hydrogen) atoms. The predicted octanol–water partition coefficient (Wildman–Crippen LogP) is 4.08. The lowest BCUT2D eigenvalue weighted by molar-refractivity contribution is 0.274. The minimum absolute atomic E-state index is 0.0678. The Morgan fingerprint density at radius 1 is 1.35 bits per heavy atom. The van der Waals surface area contributed by atoms with E-state index < -0.39 is 5.82 Å². The van der Waals surface area contributed by atoms with Crippen LogP contribution in [0.4, 0.5) is 14.5 Å². The smallest absolute Gasteiger partial charge is 0.147 e. The van der Waals surface area contributed by atoms with Crippen molar-refractivity contribution in [1.82, 2.24) is 5.32 Å². The van der Waals surface area contributed by atoms with Gasteiger partial charge in [-0.3, -0.25) is 0 Å². The van der Waals surface area contributed by atoms with Crippen molar-refractivity contribution in [3.63, 3.8) is 0 Å². The molecular weight excluding hydrogens is 326 g/mol. The molecule has 0 spiro atoms. The highest BCUT2D eigenvalue weighted by molar-refractivity contribution is 9.10. The van der Waals surface area contributed by atoms with Crippen LogP contribution in [0.25, 0.3) is 0 Å². The van der Waals surface area contributed by atoms with E-state index in [2.05, 4.69) is 42.0 Å². The van der Waals surface area contributed by atoms with Crippen LogP contribution in [0.15, 0.2) is 16.6 Å². The van der Waals surface area contributed by atoms with Gasteiger partial charge in [-0.15, -0.1) is 0 Å². The molecule has 0 saturated carbocycles. The summed E-state index contributed by atoms with van der Waals surface area (Å²) in [6.07, 6.45) is 1.84. The van der Waals surface area contributed by atoms with Crippen LogP contribution in [-0.4, -0.2) is 24.7 Å². The van der Waals surface area contributed by atoms with Crippen LogP contribution in [0.2, 0.25) is 0 Å². The fraction of sp³-hybridized carbons (Fsp3) is 0.600. The molecule has 1 fully saturated rings. The first-order valence-corrected chi connectivity index (χ1v) is 7.85. The zero-order valence-corrected chi connectivity index (χ0v) is 13.7. The van der Waals surface area contributed by atoms with E-state index in [-0.39, 0.29) is 21.9 Å². The van der Waals surface area contributed by atoms with E-state index in [0.29, 0.717) is 12.2 Å². The van der Waals surface area contributed by atoms with Crippen molar-refractivity contribution in [1.29, 1.82) is 0 Å². The van der Waals surface area contributed by atoms with Crippen molar-refractivity contribution < 1.29 is 8.78 Å². The van der Waals surface area contributed by atoms with E-state index in [4.69, 9.17) is 0 Å². The topological polar surface area (TPSA) is 15.3 Å². The minimum atomic E-state index is -0.423. The molecule has 5 heteroatoms. The first kappa shape index (κ1) is 15.7. The van der Waals surface area contributed by atoms with Crippen LogP contribution in [0.3, 0.4) is 0 Å². The number of piperazine rings is 1. The molecule has 112 valence electrons. The molecule has 1 heterocycles. The number of nitrogens with zero attached hydrogens (tertiary/aromatic N) is 1. The van der Waals surface area contributed by atoms with Gasteiger partial charge in [0.05, 0.1) is 10.2 Å². The molecule has 1 saturated heterocycles. The summed E-state index contributed by atoms with van der Waals surface area (Å²) in [5.74, 6) is -0.801. The Balaban J connectivity index is 2.39. The number of hydrogen-bond acceptors (Lipinski definition) is 2. The zero-order chi connectivity index (χ0) is 14.9. The quantitative estimate of drug-likeness (QED) is 0.829. The van der Waals surface area contributed by atoms with Crippen LogP contribution < -0.4 is 10.2 Å². The van der Waals surface area contributed by atoms with Gasteiger partial charge in [0, 0.05) is 30.7 Å². The van der Waals surface area contributed by atoms with Gasteiger partial charge < -0.3 is 10.2 Å². The van der Waals surface area contributed by atoms with Gasteiger partial charge in [0.15, 0.2) is 0 Å². The first-order chi connectivity index (χ1) is 9.40. The highest BCUT2D eigenvalue weighted by atomic mass is 79.9. The van der Waals surface area contributed by atoms with Crippen molar-refractivity contribution in [3.05, 3.63) is 28.2 Å². The average molecular weight is 347 g/mol. The fourth-order valence-corrected chi connectivity index (χ4v) is 2.97. The third-order valence-electron chi connectivity index (χ3n) is 4.28. The Morgan fingerprint density at radius 3 is 2.65 bits per heavy atom. The summed E-state index contributed by atoms with van der Waals surface area (Å²) in [6.45, 7) is 7.77. The van der Waals surface area contributed by atoms with Crippen molar-refractivity contribution >= 4 is 21.6 Å². The second-order valence-electron chi connectivity index (χ2n) is 5.70. The van der Waals surface area contributed by atoms with Gasteiger partial charge in [-0.1, -0.05) is 13.8 Å². The molecule has 1 aromatic carbocycles. The molecule has 0 bridgehead atoms. The van der Waals surface area contributed by atoms with E-state index in [9.17, 15) is 8.78 Å². The minimum Gasteiger partial charge on any atom is -0.363 e. The Kier molecular flexibility index (Phi) is 4.69. The maximum Gasteiger partial charge on any atom is 0.147 e. The fourth-order valence-electron chi connectivity index (χ4n) is 2.65. The van der Waals surface area contributed by atoms with Crippen molar-refractivity contribution in [3.8, 4) is 0 Å². The molecule has 2 nitrogen and oxygen atoms in total. The van der Waals surface area contributed by atoms with Crippen molar-refractivity contribution in [2.24, 2.45) is 0 Å². The maximum atomic E-state index is 14.2. The SMILES string of the molecule is CCC1CNC(C)(CC)CN1c1cc(F)c(Br)cc1F. The summed E-state index contributed by atoms with van der Waals surface area (Å²) in [5, 5.41) is 3.52. The molecule has 2 rings (SSSR count). The van der Waals surface area contributed by atoms with E-state index in [1.807, 2.05) is 4.90 Å². The largest absolute Gasteiger partial charge is 0.363 e. The highest BCUT2D eigenvalue weighted by Gasteiger charge is 2.35. The molecule has 2 unspecified atom stereocenters. The second kappa shape index (κ2) is 5.98. The van der Waals surface area contributed by atoms with Gasteiger partial charge in [0.25, 0.3) is 0 Å². The lowest BCUT2D eigenvalue weighted by Gasteiger charge is -2.47. The molecule has 0 radical (unpaired) electrons. The molecule has 1 aromatic rings. The van der Waals surface area contributed by atoms with Crippen molar-refractivity contribution in [2.45, 2.75) is 45.2 Å². The van der Waals surface area contributed by atoms with E-state index in [1.54, 1.807) is 0 Å². The van der Waals surface area contributed by atoms with Gasteiger partial charge in [-0.2, -0.15) is 0 Å². The maximum absolute atomic E-state index is 14.2. The van der Waals surface area contributed by atoms with Gasteiger partial charge in [0.1, 0.15) is 11.6 Å². The van der Waals surface area contributed by atoms with Gasteiger partial charge in [-0.25, -0.2) is 8.78 Å². The Bertz CT molecular complexity index is 495. The molecular formula is C15H21BrF2N2. The van der Waals surface area contributed by atoms with Crippen LogP contribution in [0, 0.1) is 11.6 Å². The molecule has 0 aromatic heterocycles. The number of halogens is 3. The highest BCUT2D eigenvalue weighted by Crippen LogP contribution is 2.31. The summed E-state index contributed by atoms with van der Waals surface area (Å²) < 4.78 is 28.2. The molecule has 1 aliphatic heterocycles. The average Bonchev–Trinajstić information content (AvgIpc) is 2.43. The molecule has 1 aliphatic rings. The summed E-state index contributed by atoms with van der Waals surface area (Å²) in [6, 6.07) is 2.69. The molecule has 1 N–H and O–H groups in total. The Hall–Kier alpha value is -0.680. The number of nitrogens with one attached hydrogen (secondary N) is 1. The van der Waals surface area contributed by atoms with Crippen LogP contribution in [0.5, 0.6) is 0 Å². The third-order valence-corrected chi connectivity index (χ3v) is 4.88. The Morgan fingerprint density at radius 2 is 2.05 bits per heavy atom. The lowest BCUT2D eigenvalue weighted by atomic mass is 9.92. The predicted molar refractivity (Wildman–Crippen MR) is 82.2 cm³/mol. The molecule has 0 amide bonds. The number of anilines is 1. The third kappa shape index (κ3) is 2.98. The Labute approximate surface area is 127 Å². The van der Waals surface area contributed by atoms with Crippen molar-refractivity contribution in [2.75, 3.05) is 18.0 Å². The molecule has 2 atom stereocenters. The van der Waals surface area contributed by atoms with Gasteiger partial charge in [-0.05, 0) is 41.8 Å². The second-order valence-corrected chi connectivity index (χ2v) is 6.56. The van der Waals surface area contributed by atoms with E-state index >= 15 is 0 Å². The summed E-state index contributed by atoms with van der Waals surface area (Å²) >= 11 is 3.03. The zero-order valence-electron chi connectivity index (χ0n) is 12.1. The number of benzene rings is 1. The van der Waals surface area contributed by atoms with Crippen LogP contribution in [-0.2, 0) is 0 Å². The van der Waals surface area contributed by atoms with E-state index in [1.165, 1.54) is 12.1 Å². The normalized spacial score (nSPS) is 26.9.